The van der Waals surface area contributed by atoms with Gasteiger partial charge in [-0.15, -0.1) is 0 Å². The fourth-order valence-corrected chi connectivity index (χ4v) is 11.4. The van der Waals surface area contributed by atoms with Crippen LogP contribution in [0, 0.1) is 0 Å². The van der Waals surface area contributed by atoms with Gasteiger partial charge in [-0.1, -0.05) is 95.5 Å². The fourth-order valence-electron chi connectivity index (χ4n) is 5.45. The number of amides is 1. The number of halogens is 8. The van der Waals surface area contributed by atoms with Gasteiger partial charge in [-0.25, -0.2) is 72.0 Å². The summed E-state index contributed by atoms with van der Waals surface area (Å²) in [5.41, 5.74) is 5.65. The molecule has 7 rings (SSSR count). The molecule has 1 amide bonds. The standard InChI is InChI=1S/C16H20ClN3O4S.C11H14ClNO4S.C9H10ClNO4S.2C5H3Cl2NO2S.C5H5ClN2/c1-15(2,3)11-8-13(20-24-11)19-14(21)16(4,5)25(22,23)10-6-7-12(17)18-9-10;1-4-17-10(14)11(2,3)18(15,16)8-5-6-9(12)13-7-8;1-9(2,8(12)13)16(14,15)6-3-4-7(10)11-5-6;2*6-5-2-1-4(3-8-5)11(7,9)10;6-5-2-1-4(7)3-8-5/h6-9H,1-5H3,(H,19,20,21);5-7H,4H2,1-3H3;3-5H,1-2H3,(H,12,13);2*1-3H;1-3H,7H2. The van der Waals surface area contributed by atoms with Gasteiger partial charge in [0.15, 0.2) is 44.8 Å². The molecule has 89 heavy (non-hydrogen) atoms. The number of carbonyl (C=O) groups excluding carboxylic acids is 2. The van der Waals surface area contributed by atoms with Crippen molar-refractivity contribution in [3.8, 4) is 0 Å². The second-order valence-electron chi connectivity index (χ2n) is 19.7. The average Bonchev–Trinajstić information content (AvgIpc) is 3.17. The van der Waals surface area contributed by atoms with E-state index in [2.05, 4.69) is 40.4 Å². The second kappa shape index (κ2) is 32.6. The van der Waals surface area contributed by atoms with Crippen molar-refractivity contribution < 1.29 is 70.8 Å². The summed E-state index contributed by atoms with van der Waals surface area (Å²) in [5, 5.41) is 16.6. The molecule has 25 nitrogen and oxygen atoms in total. The lowest BCUT2D eigenvalue weighted by Gasteiger charge is -2.23. The highest BCUT2D eigenvalue weighted by atomic mass is 35.7. The minimum Gasteiger partial charge on any atom is -0.480 e. The molecule has 0 fully saturated rings. The Morgan fingerprint density at radius 1 is 0.494 bits per heavy atom. The van der Waals surface area contributed by atoms with Crippen LogP contribution in [-0.4, -0.2) is 121 Å². The van der Waals surface area contributed by atoms with Gasteiger partial charge < -0.3 is 25.4 Å². The third-order valence-electron chi connectivity index (χ3n) is 11.1. The first kappa shape index (κ1) is 79.5. The zero-order valence-corrected chi connectivity index (χ0v) is 58.2. The van der Waals surface area contributed by atoms with E-state index < -0.39 is 79.7 Å². The number of carbonyl (C=O) groups is 3. The summed E-state index contributed by atoms with van der Waals surface area (Å²) in [6.07, 6.45) is 7.01. The molecule has 0 bridgehead atoms. The Labute approximate surface area is 552 Å². The first-order valence-electron chi connectivity index (χ1n) is 24.3. The topological polar surface area (TPSA) is 393 Å². The number of esters is 1. The predicted octanol–water partition coefficient (Wildman–Crippen LogP) is 11.1. The summed E-state index contributed by atoms with van der Waals surface area (Å²) in [7, 11) is -9.17. The smallest absolute Gasteiger partial charge is 0.327 e. The van der Waals surface area contributed by atoms with Gasteiger partial charge in [0.25, 0.3) is 18.1 Å². The van der Waals surface area contributed by atoms with Gasteiger partial charge in [-0.3, -0.25) is 14.4 Å². The monoisotopic (exact) mass is 1490 g/mol. The van der Waals surface area contributed by atoms with Crippen LogP contribution in [0.2, 0.25) is 30.9 Å². The van der Waals surface area contributed by atoms with Crippen molar-refractivity contribution in [3.63, 3.8) is 0 Å². The molecule has 0 aliphatic carbocycles. The molecule has 4 N–H and O–H groups in total. The Morgan fingerprint density at radius 3 is 1.04 bits per heavy atom. The van der Waals surface area contributed by atoms with E-state index in [1.54, 1.807) is 25.1 Å². The Morgan fingerprint density at radius 2 is 0.798 bits per heavy atom. The number of nitrogen functional groups attached to an aromatic ring is 1. The molecular formula is C51H55Cl8N9O16S5. The zero-order chi connectivity index (χ0) is 68.5. The molecule has 0 aromatic carbocycles. The van der Waals surface area contributed by atoms with E-state index in [9.17, 15) is 56.5 Å². The number of nitrogens with one attached hydrogen (secondary N) is 1. The van der Waals surface area contributed by atoms with Crippen molar-refractivity contribution >= 4 is 168 Å². The second-order valence-corrected chi connectivity index (χ2v) is 34.7. The number of hydrogen-bond acceptors (Lipinski definition) is 23. The quantitative estimate of drug-likeness (QED) is 0.0548. The van der Waals surface area contributed by atoms with Crippen molar-refractivity contribution in [1.82, 2.24) is 35.1 Å². The Balaban J connectivity index is 0.000000378. The summed E-state index contributed by atoms with van der Waals surface area (Å²) in [6, 6.07) is 18.1. The first-order valence-corrected chi connectivity index (χ1v) is 35.7. The number of ether oxygens (including phenoxy) is 1. The van der Waals surface area contributed by atoms with Gasteiger partial charge in [0.2, 0.25) is 5.91 Å². The number of carboxylic acid groups (broad SMARTS) is 1. The number of pyridine rings is 6. The highest BCUT2D eigenvalue weighted by Gasteiger charge is 2.46. The van der Waals surface area contributed by atoms with Crippen LogP contribution in [0.3, 0.4) is 0 Å². The van der Waals surface area contributed by atoms with E-state index in [1.165, 1.54) is 94.6 Å². The summed E-state index contributed by atoms with van der Waals surface area (Å²) in [4.78, 5) is 56.6. The van der Waals surface area contributed by atoms with E-state index in [-0.39, 0.29) is 68.1 Å². The maximum atomic E-state index is 12.8. The molecule has 7 heterocycles. The molecule has 0 spiro atoms. The van der Waals surface area contributed by atoms with E-state index >= 15 is 0 Å². The lowest BCUT2D eigenvalue weighted by molar-refractivity contribution is -0.145. The van der Waals surface area contributed by atoms with Crippen molar-refractivity contribution in [2.24, 2.45) is 0 Å². The molecule has 0 radical (unpaired) electrons. The van der Waals surface area contributed by atoms with E-state index in [4.69, 9.17) is 111 Å². The van der Waals surface area contributed by atoms with Crippen LogP contribution in [0.4, 0.5) is 11.5 Å². The van der Waals surface area contributed by atoms with Gasteiger partial charge in [0.05, 0.1) is 33.2 Å². The van der Waals surface area contributed by atoms with Crippen LogP contribution in [-0.2, 0) is 72.1 Å². The average molecular weight is 1490 g/mol. The first-order chi connectivity index (χ1) is 40.6. The lowest BCUT2D eigenvalue weighted by Crippen LogP contribution is -2.44. The Bertz CT molecular complexity index is 4040. The van der Waals surface area contributed by atoms with E-state index in [0.29, 0.717) is 16.6 Å². The highest BCUT2D eigenvalue weighted by molar-refractivity contribution is 8.14. The molecule has 486 valence electrons. The van der Waals surface area contributed by atoms with Crippen LogP contribution >= 0.6 is 91.0 Å². The number of anilines is 2. The maximum Gasteiger partial charge on any atom is 0.327 e. The van der Waals surface area contributed by atoms with E-state index in [0.717, 1.165) is 44.8 Å². The van der Waals surface area contributed by atoms with Gasteiger partial charge in [0, 0.05) is 63.8 Å². The number of nitrogens with zero attached hydrogens (tertiary/aromatic N) is 7. The Hall–Kier alpha value is -5.61. The number of aromatic nitrogens is 7. The van der Waals surface area contributed by atoms with Crippen LogP contribution in [0.15, 0.2) is 145 Å². The summed E-state index contributed by atoms with van der Waals surface area (Å²) < 4.78 is 121. The van der Waals surface area contributed by atoms with Crippen molar-refractivity contribution in [2.45, 2.75) is 113 Å². The molecule has 0 unspecified atom stereocenters. The van der Waals surface area contributed by atoms with Crippen molar-refractivity contribution in [1.29, 1.82) is 0 Å². The van der Waals surface area contributed by atoms with Crippen molar-refractivity contribution in [2.75, 3.05) is 17.7 Å². The predicted molar refractivity (Wildman–Crippen MR) is 338 cm³/mol. The molecule has 0 saturated heterocycles. The van der Waals surface area contributed by atoms with Crippen LogP contribution < -0.4 is 11.1 Å². The molecule has 0 aliphatic heterocycles. The van der Waals surface area contributed by atoms with Crippen LogP contribution in [0.25, 0.3) is 0 Å². The number of rotatable bonds is 13. The van der Waals surface area contributed by atoms with Crippen LogP contribution in [0.5, 0.6) is 0 Å². The normalized spacial score (nSPS) is 12.0. The number of nitrogens with two attached hydrogens (primary N) is 1. The van der Waals surface area contributed by atoms with Gasteiger partial charge in [-0.2, -0.15) is 0 Å². The highest BCUT2D eigenvalue weighted by Crippen LogP contribution is 2.31. The maximum absolute atomic E-state index is 12.8. The number of sulfone groups is 3. The number of aliphatic carboxylic acids is 1. The summed E-state index contributed by atoms with van der Waals surface area (Å²) >= 11 is 33.1. The summed E-state index contributed by atoms with van der Waals surface area (Å²) in [5.74, 6) is -2.20. The Kier molecular flexibility index (Phi) is 29.1. The summed E-state index contributed by atoms with van der Waals surface area (Å²) in [6.45, 7) is 15.0. The van der Waals surface area contributed by atoms with Gasteiger partial charge in [-0.05, 0) is 121 Å². The molecule has 0 saturated carbocycles. The SMILES string of the molecule is CC(C)(C(=O)O)S(=O)(=O)c1ccc(Cl)nc1.CC(C)(C)c1cc(NC(=O)C(C)(C)S(=O)(=O)c2ccc(Cl)nc2)no1.CCOC(=O)C(C)(C)S(=O)(=O)c1ccc(Cl)nc1.Nc1ccc(Cl)nc1.O=S(=O)(Cl)c1ccc(Cl)nc1.O=S(=O)(Cl)c1ccc(Cl)nc1. The molecule has 7 aromatic heterocycles. The largest absolute Gasteiger partial charge is 0.480 e. The molecule has 38 heteroatoms. The minimum absolute atomic E-state index is 0.0523. The lowest BCUT2D eigenvalue weighted by atomic mass is 9.93. The van der Waals surface area contributed by atoms with E-state index in [1.807, 2.05) is 20.8 Å². The van der Waals surface area contributed by atoms with Gasteiger partial charge in [0.1, 0.15) is 51.2 Å². The fraction of sp³-hybridized carbons (Fsp3) is 0.294. The third kappa shape index (κ3) is 23.2. The number of hydrogen-bond donors (Lipinski definition) is 3. The third-order valence-corrected chi connectivity index (χ3v) is 22.2. The van der Waals surface area contributed by atoms with Crippen molar-refractivity contribution in [3.05, 3.63) is 153 Å². The molecule has 0 aliphatic rings. The zero-order valence-electron chi connectivity index (χ0n) is 48.0. The van der Waals surface area contributed by atoms with Gasteiger partial charge >= 0.3 is 11.9 Å². The molecular weight excluding hydrogens is 1440 g/mol. The van der Waals surface area contributed by atoms with Crippen LogP contribution in [0.1, 0.15) is 75.0 Å². The molecule has 0 atom stereocenters. The minimum atomic E-state index is -3.99. The number of carboxylic acids is 1. The molecule has 7 aromatic rings.